The van der Waals surface area contributed by atoms with Gasteiger partial charge in [0.05, 0.1) is 17.7 Å². The van der Waals surface area contributed by atoms with Crippen LogP contribution in [-0.2, 0) is 21.2 Å². The van der Waals surface area contributed by atoms with Crippen LogP contribution < -0.4 is 14.8 Å². The van der Waals surface area contributed by atoms with E-state index in [0.717, 1.165) is 12.8 Å². The number of benzene rings is 1. The standard InChI is InChI=1S/C19H26N4O5S/c1-12(2)19-21-18(28-22-19)6-4-5-17(24)20-15-11-14(9-10-16(15)27-3)29(25,26)23-13-7-8-13/h9-13,23H,4-8H2,1-3H3,(H,20,24). The summed E-state index contributed by atoms with van der Waals surface area (Å²) in [6, 6.07) is 4.40. The Bertz CT molecular complexity index is 967. The van der Waals surface area contributed by atoms with Gasteiger partial charge in [-0.2, -0.15) is 4.98 Å². The number of carbonyl (C=O) groups excluding carboxylic acids is 1. The Morgan fingerprint density at radius 1 is 1.34 bits per heavy atom. The summed E-state index contributed by atoms with van der Waals surface area (Å²) < 4.78 is 37.9. The van der Waals surface area contributed by atoms with Crippen molar-refractivity contribution >= 4 is 21.6 Å². The Labute approximate surface area is 170 Å². The zero-order chi connectivity index (χ0) is 21.0. The molecule has 1 saturated carbocycles. The minimum Gasteiger partial charge on any atom is -0.495 e. The van der Waals surface area contributed by atoms with E-state index in [-0.39, 0.29) is 29.2 Å². The van der Waals surface area contributed by atoms with E-state index in [0.29, 0.717) is 36.0 Å². The van der Waals surface area contributed by atoms with Gasteiger partial charge in [-0.05, 0) is 37.5 Å². The maximum atomic E-state index is 12.4. The first-order valence-corrected chi connectivity index (χ1v) is 11.1. The van der Waals surface area contributed by atoms with Crippen LogP contribution in [0.1, 0.15) is 57.2 Å². The van der Waals surface area contributed by atoms with Crippen molar-refractivity contribution in [3.63, 3.8) is 0 Å². The second-order valence-corrected chi connectivity index (χ2v) is 9.07. The number of sulfonamides is 1. The summed E-state index contributed by atoms with van der Waals surface area (Å²) in [7, 11) is -2.16. The zero-order valence-corrected chi connectivity index (χ0v) is 17.6. The molecular weight excluding hydrogens is 396 g/mol. The molecule has 2 aromatic rings. The summed E-state index contributed by atoms with van der Waals surface area (Å²) in [5.41, 5.74) is 0.316. The van der Waals surface area contributed by atoms with Gasteiger partial charge in [0, 0.05) is 24.8 Å². The van der Waals surface area contributed by atoms with E-state index in [1.165, 1.54) is 25.3 Å². The second kappa shape index (κ2) is 8.91. The number of ether oxygens (including phenoxy) is 1. The Hall–Kier alpha value is -2.46. The highest BCUT2D eigenvalue weighted by Gasteiger charge is 2.28. The average Bonchev–Trinajstić information content (AvgIpc) is 3.33. The molecule has 1 aromatic carbocycles. The first-order valence-electron chi connectivity index (χ1n) is 9.61. The number of methoxy groups -OCH3 is 1. The van der Waals surface area contributed by atoms with Crippen molar-refractivity contribution < 1.29 is 22.5 Å². The first-order chi connectivity index (χ1) is 13.8. The Kier molecular flexibility index (Phi) is 6.53. The van der Waals surface area contributed by atoms with Gasteiger partial charge in [-0.25, -0.2) is 13.1 Å². The molecule has 3 rings (SSSR count). The third-order valence-electron chi connectivity index (χ3n) is 4.45. The topological polar surface area (TPSA) is 123 Å². The largest absolute Gasteiger partial charge is 0.495 e. The maximum absolute atomic E-state index is 12.4. The summed E-state index contributed by atoms with van der Waals surface area (Å²) in [5.74, 6) is 1.46. The molecular formula is C19H26N4O5S. The summed E-state index contributed by atoms with van der Waals surface area (Å²) in [6.45, 7) is 3.95. The van der Waals surface area contributed by atoms with Crippen LogP contribution in [0.5, 0.6) is 5.75 Å². The number of amides is 1. The number of hydrogen-bond acceptors (Lipinski definition) is 7. The fourth-order valence-corrected chi connectivity index (χ4v) is 3.99. The van der Waals surface area contributed by atoms with Gasteiger partial charge in [0.2, 0.25) is 21.8 Å². The van der Waals surface area contributed by atoms with Gasteiger partial charge in [0.15, 0.2) is 5.82 Å². The van der Waals surface area contributed by atoms with Crippen LogP contribution in [0.3, 0.4) is 0 Å². The molecule has 0 unspecified atom stereocenters. The van der Waals surface area contributed by atoms with Crippen LogP contribution in [0.25, 0.3) is 0 Å². The number of anilines is 1. The zero-order valence-electron chi connectivity index (χ0n) is 16.8. The van der Waals surface area contributed by atoms with E-state index in [9.17, 15) is 13.2 Å². The van der Waals surface area contributed by atoms with Gasteiger partial charge < -0.3 is 14.6 Å². The van der Waals surface area contributed by atoms with E-state index < -0.39 is 10.0 Å². The van der Waals surface area contributed by atoms with Crippen molar-refractivity contribution in [2.24, 2.45) is 0 Å². The molecule has 9 nitrogen and oxygen atoms in total. The van der Waals surface area contributed by atoms with Gasteiger partial charge in [-0.1, -0.05) is 19.0 Å². The lowest BCUT2D eigenvalue weighted by atomic mass is 10.2. The SMILES string of the molecule is COc1ccc(S(=O)(=O)NC2CC2)cc1NC(=O)CCCc1nc(C(C)C)no1. The molecule has 1 aromatic heterocycles. The lowest BCUT2D eigenvalue weighted by molar-refractivity contribution is -0.116. The Morgan fingerprint density at radius 3 is 2.72 bits per heavy atom. The second-order valence-electron chi connectivity index (χ2n) is 7.36. The smallest absolute Gasteiger partial charge is 0.240 e. The van der Waals surface area contributed by atoms with E-state index >= 15 is 0 Å². The molecule has 0 aliphatic heterocycles. The lowest BCUT2D eigenvalue weighted by Crippen LogP contribution is -2.25. The predicted molar refractivity (Wildman–Crippen MR) is 106 cm³/mol. The minimum absolute atomic E-state index is 0.000976. The third kappa shape index (κ3) is 5.77. The number of nitrogens with zero attached hydrogens (tertiary/aromatic N) is 2. The van der Waals surface area contributed by atoms with E-state index in [1.807, 2.05) is 13.8 Å². The van der Waals surface area contributed by atoms with E-state index in [2.05, 4.69) is 20.2 Å². The highest BCUT2D eigenvalue weighted by Crippen LogP contribution is 2.29. The molecule has 1 fully saturated rings. The van der Waals surface area contributed by atoms with Gasteiger partial charge in [-0.3, -0.25) is 4.79 Å². The summed E-state index contributed by atoms with van der Waals surface area (Å²) in [4.78, 5) is 16.7. The van der Waals surface area contributed by atoms with Crippen molar-refractivity contribution in [1.29, 1.82) is 0 Å². The van der Waals surface area contributed by atoms with Crippen LogP contribution in [0.2, 0.25) is 0 Å². The highest BCUT2D eigenvalue weighted by atomic mass is 32.2. The molecule has 2 N–H and O–H groups in total. The van der Waals surface area contributed by atoms with Gasteiger partial charge in [0.25, 0.3) is 0 Å². The molecule has 1 amide bonds. The molecule has 1 aliphatic rings. The fourth-order valence-electron chi connectivity index (χ4n) is 2.66. The normalized spacial score (nSPS) is 14.2. The Morgan fingerprint density at radius 2 is 2.10 bits per heavy atom. The number of hydrogen-bond donors (Lipinski definition) is 2. The van der Waals surface area contributed by atoms with Crippen molar-refractivity contribution in [3.05, 3.63) is 29.9 Å². The average molecular weight is 423 g/mol. The molecule has 29 heavy (non-hydrogen) atoms. The van der Waals surface area contributed by atoms with Gasteiger partial charge in [-0.15, -0.1) is 0 Å². The molecule has 0 bridgehead atoms. The summed E-state index contributed by atoms with van der Waals surface area (Å²) in [5, 5.41) is 6.63. The monoisotopic (exact) mass is 422 g/mol. The minimum atomic E-state index is -3.62. The number of rotatable bonds is 10. The lowest BCUT2D eigenvalue weighted by Gasteiger charge is -2.13. The fraction of sp³-hybridized carbons (Fsp3) is 0.526. The molecule has 1 heterocycles. The molecule has 1 aliphatic carbocycles. The highest BCUT2D eigenvalue weighted by molar-refractivity contribution is 7.89. The summed E-state index contributed by atoms with van der Waals surface area (Å²) >= 11 is 0. The van der Waals surface area contributed by atoms with Crippen molar-refractivity contribution in [2.45, 2.75) is 62.8 Å². The van der Waals surface area contributed by atoms with Crippen molar-refractivity contribution in [1.82, 2.24) is 14.9 Å². The third-order valence-corrected chi connectivity index (χ3v) is 5.97. The number of carbonyl (C=O) groups is 1. The van der Waals surface area contributed by atoms with Crippen LogP contribution >= 0.6 is 0 Å². The van der Waals surface area contributed by atoms with E-state index in [4.69, 9.17) is 9.26 Å². The predicted octanol–water partition coefficient (Wildman–Crippen LogP) is 2.60. The summed E-state index contributed by atoms with van der Waals surface area (Å²) in [6.07, 6.45) is 2.92. The molecule has 0 saturated heterocycles. The van der Waals surface area contributed by atoms with Crippen molar-refractivity contribution in [2.75, 3.05) is 12.4 Å². The molecule has 0 radical (unpaired) electrons. The molecule has 10 heteroatoms. The first kappa shape index (κ1) is 21.3. The number of aromatic nitrogens is 2. The Balaban J connectivity index is 1.60. The van der Waals surface area contributed by atoms with Crippen LogP contribution in [0, 0.1) is 0 Å². The quantitative estimate of drug-likeness (QED) is 0.603. The van der Waals surface area contributed by atoms with Crippen LogP contribution in [0.4, 0.5) is 5.69 Å². The van der Waals surface area contributed by atoms with Gasteiger partial charge >= 0.3 is 0 Å². The van der Waals surface area contributed by atoms with Crippen molar-refractivity contribution in [3.8, 4) is 5.75 Å². The molecule has 158 valence electrons. The van der Waals surface area contributed by atoms with Gasteiger partial charge in [0.1, 0.15) is 5.75 Å². The molecule has 0 atom stereocenters. The molecule has 0 spiro atoms. The van der Waals surface area contributed by atoms with E-state index in [1.54, 1.807) is 0 Å². The number of nitrogens with one attached hydrogen (secondary N) is 2. The van der Waals surface area contributed by atoms with Crippen LogP contribution in [0.15, 0.2) is 27.6 Å². The van der Waals surface area contributed by atoms with Crippen LogP contribution in [-0.4, -0.2) is 37.6 Å². The maximum Gasteiger partial charge on any atom is 0.240 e. The number of aryl methyl sites for hydroxylation is 1.